The smallest absolute Gasteiger partial charge is 0.117 e. The molecule has 0 aliphatic carbocycles. The highest BCUT2D eigenvalue weighted by Crippen LogP contribution is 2.38. The van der Waals surface area contributed by atoms with Crippen LogP contribution in [0.3, 0.4) is 0 Å². The summed E-state index contributed by atoms with van der Waals surface area (Å²) in [6.07, 6.45) is 2.35. The van der Waals surface area contributed by atoms with Gasteiger partial charge in [0.25, 0.3) is 0 Å². The van der Waals surface area contributed by atoms with E-state index in [0.717, 1.165) is 18.7 Å². The van der Waals surface area contributed by atoms with E-state index in [9.17, 15) is 0 Å². The van der Waals surface area contributed by atoms with Crippen molar-refractivity contribution in [2.24, 2.45) is 5.41 Å². The minimum atomic E-state index is -0.0819. The normalized spacial score (nSPS) is 17.1. The summed E-state index contributed by atoms with van der Waals surface area (Å²) in [4.78, 5) is 0. The molecule has 0 heterocycles. The average molecular weight is 333 g/mol. The zero-order chi connectivity index (χ0) is 11.4. The molecule has 0 aliphatic heterocycles. The van der Waals surface area contributed by atoms with Gasteiger partial charge in [-0.1, -0.05) is 13.8 Å². The van der Waals surface area contributed by atoms with Gasteiger partial charge in [-0.25, -0.2) is 0 Å². The Morgan fingerprint density at radius 1 is 1.29 bits per heavy atom. The first-order chi connectivity index (χ1) is 6.18. The lowest BCUT2D eigenvalue weighted by atomic mass is 9.84. The van der Waals surface area contributed by atoms with E-state index in [4.69, 9.17) is 16.3 Å². The van der Waals surface area contributed by atoms with Crippen LogP contribution < -0.4 is 0 Å². The van der Waals surface area contributed by atoms with Crippen LogP contribution in [0.2, 0.25) is 0 Å². The first-order valence-corrected chi connectivity index (χ1v) is 6.72. The molecule has 0 N–H and O–H groups in total. The molecule has 14 heavy (non-hydrogen) atoms. The van der Waals surface area contributed by atoms with Gasteiger partial charge in [0.2, 0.25) is 0 Å². The lowest BCUT2D eigenvalue weighted by Crippen LogP contribution is -2.31. The minimum absolute atomic E-state index is 0.0819. The molecule has 0 aromatic heterocycles. The average Bonchev–Trinajstić information content (AvgIpc) is 1.78. The molecule has 1 atom stereocenters. The number of hydrogen-bond acceptors (Lipinski definition) is 1. The molecule has 1 nitrogen and oxygen atoms in total. The molecular weight excluding hydrogens is 310 g/mol. The van der Waals surface area contributed by atoms with Gasteiger partial charge >= 0.3 is 0 Å². The fourth-order valence-electron chi connectivity index (χ4n) is 1.73. The molecule has 0 amide bonds. The van der Waals surface area contributed by atoms with Crippen LogP contribution in [0.4, 0.5) is 0 Å². The molecular formula is C11H22ClIO. The van der Waals surface area contributed by atoms with E-state index in [1.807, 2.05) is 0 Å². The van der Waals surface area contributed by atoms with Crippen LogP contribution in [0, 0.1) is 5.41 Å². The fraction of sp³-hybridized carbons (Fsp3) is 1.00. The lowest BCUT2D eigenvalue weighted by Gasteiger charge is -2.34. The van der Waals surface area contributed by atoms with Crippen molar-refractivity contribution in [3.8, 4) is 0 Å². The second-order valence-electron chi connectivity index (χ2n) is 5.05. The largest absolute Gasteiger partial charge is 0.362 e. The molecule has 0 aliphatic rings. The Kier molecular flexibility index (Phi) is 6.31. The van der Waals surface area contributed by atoms with Crippen LogP contribution in [0.15, 0.2) is 0 Å². The molecule has 0 rings (SSSR count). The van der Waals surface area contributed by atoms with Crippen molar-refractivity contribution in [2.45, 2.75) is 57.2 Å². The quantitative estimate of drug-likeness (QED) is 0.510. The van der Waals surface area contributed by atoms with Gasteiger partial charge in [0, 0.05) is 5.88 Å². The monoisotopic (exact) mass is 332 g/mol. The van der Waals surface area contributed by atoms with E-state index in [1.165, 1.54) is 0 Å². The predicted octanol–water partition coefficient (Wildman–Crippen LogP) is 4.61. The van der Waals surface area contributed by atoms with E-state index in [2.05, 4.69) is 57.2 Å². The number of halogens is 2. The number of alkyl halides is 2. The summed E-state index contributed by atoms with van der Waals surface area (Å²) in [7, 11) is 0. The lowest BCUT2D eigenvalue weighted by molar-refractivity contribution is -0.0174. The first kappa shape index (κ1) is 15.0. The van der Waals surface area contributed by atoms with E-state index in [0.29, 0.717) is 0 Å². The van der Waals surface area contributed by atoms with Crippen molar-refractivity contribution in [3.05, 3.63) is 0 Å². The summed E-state index contributed by atoms with van der Waals surface area (Å²) in [5.41, 5.74) is 0.257. The number of ether oxygens (including phenoxy) is 1. The van der Waals surface area contributed by atoms with Gasteiger partial charge in [-0.3, -0.25) is 0 Å². The summed E-state index contributed by atoms with van der Waals surface area (Å²) >= 11 is 8.17. The van der Waals surface area contributed by atoms with Crippen molar-refractivity contribution in [3.63, 3.8) is 0 Å². The topological polar surface area (TPSA) is 9.23 Å². The van der Waals surface area contributed by atoms with Crippen molar-refractivity contribution in [2.75, 3.05) is 5.88 Å². The van der Waals surface area contributed by atoms with Crippen LogP contribution in [0.5, 0.6) is 0 Å². The van der Waals surface area contributed by atoms with Crippen LogP contribution in [0.1, 0.15) is 47.5 Å². The van der Waals surface area contributed by atoms with Crippen molar-refractivity contribution in [1.29, 1.82) is 0 Å². The Morgan fingerprint density at radius 3 is 2.14 bits per heavy atom. The molecule has 0 aromatic rings. The third-order valence-corrected chi connectivity index (χ3v) is 2.87. The Balaban J connectivity index is 4.19. The molecule has 3 heteroatoms. The molecule has 86 valence electrons. The fourth-order valence-corrected chi connectivity index (χ4v) is 3.78. The maximum atomic E-state index is 5.86. The van der Waals surface area contributed by atoms with E-state index in [1.54, 1.807) is 0 Å². The molecule has 0 fully saturated rings. The summed E-state index contributed by atoms with van der Waals surface area (Å²) in [6, 6.07) is 0. The highest BCUT2D eigenvalue weighted by molar-refractivity contribution is 14.1. The predicted molar refractivity (Wildman–Crippen MR) is 72.4 cm³/mol. The zero-order valence-electron chi connectivity index (χ0n) is 9.86. The summed E-state index contributed by atoms with van der Waals surface area (Å²) in [5.74, 6) is 0.724. The van der Waals surface area contributed by atoms with Gasteiger partial charge in [0.05, 0.1) is 6.10 Å². The molecule has 0 unspecified atom stereocenters. The number of rotatable bonds is 6. The first-order valence-electron chi connectivity index (χ1n) is 5.11. The summed E-state index contributed by atoms with van der Waals surface area (Å²) in [6.45, 7) is 10.8. The molecule has 0 aromatic carbocycles. The summed E-state index contributed by atoms with van der Waals surface area (Å²) in [5, 5.41) is 0. The van der Waals surface area contributed by atoms with Gasteiger partial charge in [-0.15, -0.1) is 11.6 Å². The highest BCUT2D eigenvalue weighted by atomic mass is 127. The Morgan fingerprint density at radius 2 is 1.79 bits per heavy atom. The van der Waals surface area contributed by atoms with Gasteiger partial charge < -0.3 is 4.74 Å². The van der Waals surface area contributed by atoms with E-state index >= 15 is 0 Å². The zero-order valence-corrected chi connectivity index (χ0v) is 12.8. The Hall–Kier alpha value is 0.980. The standard InChI is InChI=1S/C11H22ClIO/c1-9(2)14-11(5,13)8-10(3,4)6-7-12/h9H,6-8H2,1-5H3/t11-/m1/s1. The SMILES string of the molecule is CC(C)O[C@@](C)(I)CC(C)(C)CCCl. The molecule has 0 radical (unpaired) electrons. The van der Waals surface area contributed by atoms with Gasteiger partial charge in [0.15, 0.2) is 0 Å². The third-order valence-electron chi connectivity index (χ3n) is 2.05. The maximum absolute atomic E-state index is 5.86. The van der Waals surface area contributed by atoms with Crippen LogP contribution in [-0.2, 0) is 4.74 Å². The van der Waals surface area contributed by atoms with Crippen LogP contribution in [-0.4, -0.2) is 15.6 Å². The molecule has 0 saturated carbocycles. The molecule has 0 bridgehead atoms. The number of hydrogen-bond donors (Lipinski definition) is 0. The van der Waals surface area contributed by atoms with Gasteiger partial charge in [0.1, 0.15) is 3.61 Å². The van der Waals surface area contributed by atoms with E-state index < -0.39 is 0 Å². The van der Waals surface area contributed by atoms with Crippen LogP contribution >= 0.6 is 34.2 Å². The van der Waals surface area contributed by atoms with Crippen molar-refractivity contribution < 1.29 is 4.74 Å². The highest BCUT2D eigenvalue weighted by Gasteiger charge is 2.31. The van der Waals surface area contributed by atoms with Gasteiger partial charge in [-0.2, -0.15) is 0 Å². The molecule has 0 saturated heterocycles. The maximum Gasteiger partial charge on any atom is 0.117 e. The van der Waals surface area contributed by atoms with Crippen LogP contribution in [0.25, 0.3) is 0 Å². The van der Waals surface area contributed by atoms with Crippen molar-refractivity contribution in [1.82, 2.24) is 0 Å². The second kappa shape index (κ2) is 5.90. The van der Waals surface area contributed by atoms with E-state index in [-0.39, 0.29) is 15.1 Å². The van der Waals surface area contributed by atoms with Crippen molar-refractivity contribution >= 4 is 34.2 Å². The van der Waals surface area contributed by atoms with Gasteiger partial charge in [-0.05, 0) is 61.6 Å². The Labute approximate surface area is 107 Å². The minimum Gasteiger partial charge on any atom is -0.362 e. The molecule has 0 spiro atoms. The second-order valence-corrected chi connectivity index (χ2v) is 7.71. The summed E-state index contributed by atoms with van der Waals surface area (Å²) < 4.78 is 5.78. The Bertz CT molecular complexity index is 167. The third kappa shape index (κ3) is 7.30.